The van der Waals surface area contributed by atoms with E-state index < -0.39 is 17.7 Å². The van der Waals surface area contributed by atoms with Gasteiger partial charge in [0.1, 0.15) is 22.1 Å². The summed E-state index contributed by atoms with van der Waals surface area (Å²) in [5, 5.41) is 5.39. The third-order valence-corrected chi connectivity index (χ3v) is 5.37. The normalized spacial score (nSPS) is 10.5. The van der Waals surface area contributed by atoms with E-state index in [0.717, 1.165) is 11.3 Å². The second-order valence-electron chi connectivity index (χ2n) is 5.99. The molecule has 0 fully saturated rings. The van der Waals surface area contributed by atoms with Crippen molar-refractivity contribution in [2.75, 3.05) is 18.5 Å². The molecule has 3 aromatic rings. The van der Waals surface area contributed by atoms with E-state index in [1.165, 1.54) is 18.2 Å². The van der Waals surface area contributed by atoms with Crippen molar-refractivity contribution in [3.63, 3.8) is 0 Å². The second-order valence-corrected chi connectivity index (χ2v) is 7.72. The summed E-state index contributed by atoms with van der Waals surface area (Å²) in [6, 6.07) is 10.4. The standard InChI is InChI=1S/C21H16Cl2FNO4S/c1-2-28-21(27)19-15(12-3-6-14(24)7-4-12)11-30-20(19)25-18(26)10-29-17-9-13(22)5-8-16(17)23/h3-9,11H,2,10H2,1H3,(H,25,26). The van der Waals surface area contributed by atoms with E-state index in [1.54, 1.807) is 36.6 Å². The average molecular weight is 468 g/mol. The third-order valence-electron chi connectivity index (χ3n) is 3.93. The maximum atomic E-state index is 13.3. The van der Waals surface area contributed by atoms with E-state index >= 15 is 0 Å². The fourth-order valence-electron chi connectivity index (χ4n) is 2.59. The minimum Gasteiger partial charge on any atom is -0.482 e. The second kappa shape index (κ2) is 9.93. The van der Waals surface area contributed by atoms with Crippen LogP contribution in [0.4, 0.5) is 9.39 Å². The Morgan fingerprint density at radius 3 is 2.57 bits per heavy atom. The number of hydrogen-bond donors (Lipinski definition) is 1. The van der Waals surface area contributed by atoms with Gasteiger partial charge >= 0.3 is 5.97 Å². The zero-order chi connectivity index (χ0) is 21.7. The van der Waals surface area contributed by atoms with Gasteiger partial charge in [-0.05, 0) is 36.8 Å². The van der Waals surface area contributed by atoms with Crippen molar-refractivity contribution in [2.24, 2.45) is 0 Å². The summed E-state index contributed by atoms with van der Waals surface area (Å²) in [6.45, 7) is 1.51. The van der Waals surface area contributed by atoms with Gasteiger partial charge in [0.15, 0.2) is 6.61 Å². The lowest BCUT2D eigenvalue weighted by Gasteiger charge is -2.10. The van der Waals surface area contributed by atoms with Crippen LogP contribution in [0.15, 0.2) is 47.8 Å². The molecule has 1 aromatic heterocycles. The van der Waals surface area contributed by atoms with E-state index in [-0.39, 0.29) is 24.5 Å². The number of carbonyl (C=O) groups excluding carboxylic acids is 2. The molecule has 0 radical (unpaired) electrons. The van der Waals surface area contributed by atoms with E-state index in [2.05, 4.69) is 5.32 Å². The molecule has 0 atom stereocenters. The lowest BCUT2D eigenvalue weighted by Crippen LogP contribution is -2.21. The highest BCUT2D eigenvalue weighted by Crippen LogP contribution is 2.36. The Morgan fingerprint density at radius 2 is 1.87 bits per heavy atom. The van der Waals surface area contributed by atoms with Crippen LogP contribution in [0.2, 0.25) is 10.0 Å². The van der Waals surface area contributed by atoms with Crippen molar-refractivity contribution in [3.05, 3.63) is 69.3 Å². The highest BCUT2D eigenvalue weighted by molar-refractivity contribution is 7.15. The number of anilines is 1. The maximum absolute atomic E-state index is 13.3. The van der Waals surface area contributed by atoms with E-state index in [0.29, 0.717) is 26.2 Å². The van der Waals surface area contributed by atoms with Gasteiger partial charge in [-0.3, -0.25) is 4.79 Å². The molecule has 5 nitrogen and oxygen atoms in total. The van der Waals surface area contributed by atoms with Crippen LogP contribution in [-0.4, -0.2) is 25.1 Å². The number of benzene rings is 2. The van der Waals surface area contributed by atoms with E-state index in [4.69, 9.17) is 32.7 Å². The fourth-order valence-corrected chi connectivity index (χ4v) is 3.90. The molecule has 3 rings (SSSR count). The van der Waals surface area contributed by atoms with E-state index in [1.807, 2.05) is 0 Å². The summed E-state index contributed by atoms with van der Waals surface area (Å²) >= 11 is 13.1. The zero-order valence-corrected chi connectivity index (χ0v) is 18.0. The predicted octanol–water partition coefficient (Wildman–Crippen LogP) is 6.06. The number of halogens is 3. The highest BCUT2D eigenvalue weighted by atomic mass is 35.5. The topological polar surface area (TPSA) is 64.6 Å². The van der Waals surface area contributed by atoms with E-state index in [9.17, 15) is 14.0 Å². The van der Waals surface area contributed by atoms with Crippen LogP contribution in [0.3, 0.4) is 0 Å². The largest absolute Gasteiger partial charge is 0.482 e. The highest BCUT2D eigenvalue weighted by Gasteiger charge is 2.23. The third kappa shape index (κ3) is 5.30. The number of esters is 1. The lowest BCUT2D eigenvalue weighted by molar-refractivity contribution is -0.118. The average Bonchev–Trinajstić information content (AvgIpc) is 3.13. The van der Waals surface area contributed by atoms with Crippen molar-refractivity contribution in [1.29, 1.82) is 0 Å². The molecular formula is C21H16Cl2FNO4S. The summed E-state index contributed by atoms with van der Waals surface area (Å²) in [6.07, 6.45) is 0. The molecule has 0 unspecified atom stereocenters. The summed E-state index contributed by atoms with van der Waals surface area (Å²) < 4.78 is 23.8. The number of carbonyl (C=O) groups is 2. The number of rotatable bonds is 7. The molecule has 156 valence electrons. The molecule has 1 amide bonds. The Balaban J connectivity index is 1.80. The molecule has 0 aliphatic rings. The maximum Gasteiger partial charge on any atom is 0.341 e. The molecule has 0 aliphatic carbocycles. The van der Waals surface area contributed by atoms with Gasteiger partial charge in [-0.1, -0.05) is 35.3 Å². The van der Waals surface area contributed by atoms with Crippen molar-refractivity contribution >= 4 is 51.4 Å². The van der Waals surface area contributed by atoms with Crippen molar-refractivity contribution in [3.8, 4) is 16.9 Å². The van der Waals surface area contributed by atoms with Crippen molar-refractivity contribution in [2.45, 2.75) is 6.92 Å². The number of nitrogens with one attached hydrogen (secondary N) is 1. The van der Waals surface area contributed by atoms with Gasteiger partial charge in [-0.25, -0.2) is 9.18 Å². The van der Waals surface area contributed by atoms with Crippen LogP contribution < -0.4 is 10.1 Å². The van der Waals surface area contributed by atoms with Gasteiger partial charge in [0, 0.05) is 22.0 Å². The van der Waals surface area contributed by atoms with Crippen molar-refractivity contribution < 1.29 is 23.5 Å². The van der Waals surface area contributed by atoms with Crippen LogP contribution in [0.5, 0.6) is 5.75 Å². The van der Waals surface area contributed by atoms with Crippen molar-refractivity contribution in [1.82, 2.24) is 0 Å². The quantitative estimate of drug-likeness (QED) is 0.429. The van der Waals surface area contributed by atoms with Gasteiger partial charge in [-0.15, -0.1) is 11.3 Å². The molecule has 0 spiro atoms. The summed E-state index contributed by atoms with van der Waals surface area (Å²) in [5.74, 6) is -1.21. The van der Waals surface area contributed by atoms with Crippen LogP contribution in [0.25, 0.3) is 11.1 Å². The van der Waals surface area contributed by atoms with Gasteiger partial charge < -0.3 is 14.8 Å². The van der Waals surface area contributed by atoms with Crippen LogP contribution in [0.1, 0.15) is 17.3 Å². The molecule has 0 saturated carbocycles. The Kier molecular flexibility index (Phi) is 7.31. The van der Waals surface area contributed by atoms with Crippen LogP contribution in [-0.2, 0) is 9.53 Å². The van der Waals surface area contributed by atoms with Crippen LogP contribution in [0, 0.1) is 5.82 Å². The Hall–Kier alpha value is -2.61. The Morgan fingerprint density at radius 1 is 1.13 bits per heavy atom. The number of ether oxygens (including phenoxy) is 2. The van der Waals surface area contributed by atoms with Crippen LogP contribution >= 0.6 is 34.5 Å². The lowest BCUT2D eigenvalue weighted by atomic mass is 10.0. The SMILES string of the molecule is CCOC(=O)c1c(-c2ccc(F)cc2)csc1NC(=O)COc1cc(Cl)ccc1Cl. The Bertz CT molecular complexity index is 1070. The first kappa shape index (κ1) is 22.1. The summed E-state index contributed by atoms with van der Waals surface area (Å²) in [7, 11) is 0. The monoisotopic (exact) mass is 467 g/mol. The Labute approximate surface area is 186 Å². The molecule has 2 aromatic carbocycles. The summed E-state index contributed by atoms with van der Waals surface area (Å²) in [4.78, 5) is 24.9. The number of amides is 1. The number of thiophene rings is 1. The molecule has 0 bridgehead atoms. The van der Waals surface area contributed by atoms with Gasteiger partial charge in [0.05, 0.1) is 11.6 Å². The molecule has 1 heterocycles. The molecule has 30 heavy (non-hydrogen) atoms. The van der Waals surface area contributed by atoms with Gasteiger partial charge in [0.2, 0.25) is 0 Å². The first-order chi connectivity index (χ1) is 14.4. The first-order valence-corrected chi connectivity index (χ1v) is 10.4. The molecule has 0 saturated heterocycles. The fraction of sp³-hybridized carbons (Fsp3) is 0.143. The number of hydrogen-bond acceptors (Lipinski definition) is 5. The minimum atomic E-state index is -0.591. The minimum absolute atomic E-state index is 0.168. The molecule has 1 N–H and O–H groups in total. The smallest absolute Gasteiger partial charge is 0.341 e. The molecular weight excluding hydrogens is 452 g/mol. The van der Waals surface area contributed by atoms with Gasteiger partial charge in [0.25, 0.3) is 5.91 Å². The molecule has 0 aliphatic heterocycles. The van der Waals surface area contributed by atoms with Gasteiger partial charge in [-0.2, -0.15) is 0 Å². The predicted molar refractivity (Wildman–Crippen MR) is 116 cm³/mol. The first-order valence-electron chi connectivity index (χ1n) is 8.81. The molecule has 9 heteroatoms. The summed E-state index contributed by atoms with van der Waals surface area (Å²) in [5.41, 5.74) is 1.35. The zero-order valence-electron chi connectivity index (χ0n) is 15.7.